The van der Waals surface area contributed by atoms with E-state index in [0.29, 0.717) is 39.0 Å². The van der Waals surface area contributed by atoms with Crippen molar-refractivity contribution in [2.45, 2.75) is 53.0 Å². The van der Waals surface area contributed by atoms with Gasteiger partial charge in [0.25, 0.3) is 0 Å². The number of benzene rings is 3. The number of carbonyl (C=O) groups is 2. The molecule has 2 amide bonds. The van der Waals surface area contributed by atoms with Crippen molar-refractivity contribution in [3.05, 3.63) is 88.0 Å². The third-order valence-electron chi connectivity index (χ3n) is 7.63. The second-order valence-electron chi connectivity index (χ2n) is 11.9. The zero-order valence-corrected chi connectivity index (χ0v) is 26.9. The molecule has 12 heteroatoms. The number of aromatic nitrogens is 3. The highest BCUT2D eigenvalue weighted by atomic mass is 35.5. The Labute approximate surface area is 269 Å². The number of aliphatic hydroxyl groups excluding tert-OH is 1. The molecule has 232 valence electrons. The normalized spacial score (nSPS) is 12.9. The second-order valence-corrected chi connectivity index (χ2v) is 12.7. The Kier molecular flexibility index (Phi) is 7.84. The van der Waals surface area contributed by atoms with Gasteiger partial charge < -0.3 is 18.8 Å². The summed E-state index contributed by atoms with van der Waals surface area (Å²) in [4.78, 5) is 36.8. The maximum Gasteiger partial charge on any atom is 0.410 e. The fraction of sp³-hybridized carbons (Fsp3) is 0.273. The molecule has 3 aromatic carbocycles. The van der Waals surface area contributed by atoms with Gasteiger partial charge in [-0.2, -0.15) is 0 Å². The van der Waals surface area contributed by atoms with E-state index in [1.54, 1.807) is 34.7 Å². The molecule has 0 saturated heterocycles. The molecule has 0 spiro atoms. The number of nitrogens with zero attached hydrogens (tertiary/aromatic N) is 5. The van der Waals surface area contributed by atoms with Crippen LogP contribution in [0.1, 0.15) is 53.9 Å². The third kappa shape index (κ3) is 5.77. The lowest BCUT2D eigenvalue weighted by molar-refractivity contribution is 0.0237. The van der Waals surface area contributed by atoms with E-state index in [0.717, 1.165) is 32.4 Å². The van der Waals surface area contributed by atoms with Crippen molar-refractivity contribution >= 4 is 52.2 Å². The molecule has 0 aliphatic carbocycles. The number of amides is 2. The Hall–Kier alpha value is -4.38. The van der Waals surface area contributed by atoms with Gasteiger partial charge in [-0.15, -0.1) is 0 Å². The maximum absolute atomic E-state index is 13.5. The van der Waals surface area contributed by atoms with Gasteiger partial charge in [0.2, 0.25) is 11.7 Å². The van der Waals surface area contributed by atoms with E-state index in [-0.39, 0.29) is 25.5 Å². The SMILES string of the molecule is Cc1c(-c2cccc(N(Cl)C(=O)c3nc4c(n3C)CN(C(=O)OC(C)(C)C)C4)c2)cccc1-c1nc2cc(CO)cc(Cl)c2o1. The summed E-state index contributed by atoms with van der Waals surface area (Å²) in [5.74, 6) is 0.0757. The largest absolute Gasteiger partial charge is 0.444 e. The lowest BCUT2D eigenvalue weighted by atomic mass is 9.96. The lowest BCUT2D eigenvalue weighted by Gasteiger charge is -2.24. The monoisotopic (exact) mass is 647 g/mol. The van der Waals surface area contributed by atoms with Crippen molar-refractivity contribution in [2.75, 3.05) is 4.42 Å². The van der Waals surface area contributed by atoms with Gasteiger partial charge in [-0.05, 0) is 80.3 Å². The fourth-order valence-electron chi connectivity index (χ4n) is 5.41. The number of oxazole rings is 1. The molecule has 0 atom stereocenters. The first-order chi connectivity index (χ1) is 21.3. The predicted molar refractivity (Wildman–Crippen MR) is 172 cm³/mol. The molecular formula is C33H31Cl2N5O5. The predicted octanol–water partition coefficient (Wildman–Crippen LogP) is 7.40. The van der Waals surface area contributed by atoms with Gasteiger partial charge in [0.1, 0.15) is 11.1 Å². The average Bonchev–Trinajstić information content (AvgIpc) is 3.70. The summed E-state index contributed by atoms with van der Waals surface area (Å²) in [5.41, 5.74) is 6.30. The van der Waals surface area contributed by atoms with Crippen LogP contribution in [0.15, 0.2) is 59.0 Å². The molecule has 1 aliphatic heterocycles. The molecule has 0 radical (unpaired) electrons. The van der Waals surface area contributed by atoms with Crippen molar-refractivity contribution in [2.24, 2.45) is 7.05 Å². The summed E-state index contributed by atoms with van der Waals surface area (Å²) < 4.78 is 14.2. The number of hydrogen-bond donors (Lipinski definition) is 1. The Morgan fingerprint density at radius 1 is 1.07 bits per heavy atom. The van der Waals surface area contributed by atoms with Crippen LogP contribution < -0.4 is 4.42 Å². The number of rotatable bonds is 5. The maximum atomic E-state index is 13.5. The number of ether oxygens (including phenoxy) is 1. The summed E-state index contributed by atoms with van der Waals surface area (Å²) in [7, 11) is 1.73. The minimum atomic E-state index is -0.613. The van der Waals surface area contributed by atoms with Crippen LogP contribution in [0.5, 0.6) is 0 Å². The van der Waals surface area contributed by atoms with Crippen molar-refractivity contribution in [3.8, 4) is 22.6 Å². The van der Waals surface area contributed by atoms with Crippen LogP contribution in [-0.2, 0) is 31.5 Å². The number of anilines is 1. The summed E-state index contributed by atoms with van der Waals surface area (Å²) >= 11 is 13.0. The number of carbonyl (C=O) groups excluding carboxylic acids is 2. The molecule has 6 rings (SSSR count). The Bertz CT molecular complexity index is 1980. The highest BCUT2D eigenvalue weighted by molar-refractivity contribution is 6.39. The molecule has 1 aliphatic rings. The van der Waals surface area contributed by atoms with Crippen LogP contribution in [0.4, 0.5) is 10.5 Å². The summed E-state index contributed by atoms with van der Waals surface area (Å²) in [6, 6.07) is 16.5. The summed E-state index contributed by atoms with van der Waals surface area (Å²) in [6.07, 6.45) is -0.431. The highest BCUT2D eigenvalue weighted by Crippen LogP contribution is 2.36. The van der Waals surface area contributed by atoms with Gasteiger partial charge in [0.05, 0.1) is 41.8 Å². The molecule has 10 nitrogen and oxygen atoms in total. The average molecular weight is 649 g/mol. The van der Waals surface area contributed by atoms with Gasteiger partial charge in [0, 0.05) is 24.4 Å². The first kappa shape index (κ1) is 30.6. The van der Waals surface area contributed by atoms with E-state index in [4.69, 9.17) is 32.5 Å². The smallest absolute Gasteiger partial charge is 0.410 e. The number of fused-ring (bicyclic) bond motifs is 2. The molecular weight excluding hydrogens is 617 g/mol. The molecule has 0 unspecified atom stereocenters. The van der Waals surface area contributed by atoms with Crippen LogP contribution in [0.3, 0.4) is 0 Å². The van der Waals surface area contributed by atoms with Crippen molar-refractivity contribution in [3.63, 3.8) is 0 Å². The van der Waals surface area contributed by atoms with Crippen LogP contribution in [0, 0.1) is 6.92 Å². The molecule has 3 heterocycles. The topological polar surface area (TPSA) is 114 Å². The number of aliphatic hydroxyl groups is 1. The van der Waals surface area contributed by atoms with Gasteiger partial charge in [-0.3, -0.25) is 9.69 Å². The van der Waals surface area contributed by atoms with Crippen molar-refractivity contribution in [1.82, 2.24) is 19.4 Å². The molecule has 1 N–H and O–H groups in total. The van der Waals surface area contributed by atoms with Gasteiger partial charge >= 0.3 is 12.0 Å². The minimum absolute atomic E-state index is 0.155. The molecule has 45 heavy (non-hydrogen) atoms. The van der Waals surface area contributed by atoms with E-state index in [2.05, 4.69) is 9.97 Å². The molecule has 2 aromatic heterocycles. The Balaban J connectivity index is 1.25. The van der Waals surface area contributed by atoms with Gasteiger partial charge in [0.15, 0.2) is 5.58 Å². The molecule has 0 saturated carbocycles. The van der Waals surface area contributed by atoms with Crippen LogP contribution in [-0.4, -0.2) is 42.1 Å². The summed E-state index contributed by atoms with van der Waals surface area (Å²) in [5, 5.41) is 9.92. The molecule has 0 fully saturated rings. The Morgan fingerprint density at radius 2 is 1.80 bits per heavy atom. The third-order valence-corrected chi connectivity index (χ3v) is 8.26. The second kappa shape index (κ2) is 11.5. The first-order valence-corrected chi connectivity index (χ1v) is 15.0. The number of hydrogen-bond acceptors (Lipinski definition) is 7. The molecule has 5 aromatic rings. The lowest BCUT2D eigenvalue weighted by Crippen LogP contribution is -2.34. The molecule has 0 bridgehead atoms. The minimum Gasteiger partial charge on any atom is -0.444 e. The highest BCUT2D eigenvalue weighted by Gasteiger charge is 2.34. The van der Waals surface area contributed by atoms with Crippen LogP contribution in [0.25, 0.3) is 33.7 Å². The zero-order valence-electron chi connectivity index (χ0n) is 25.4. The van der Waals surface area contributed by atoms with Crippen LogP contribution in [0.2, 0.25) is 5.02 Å². The fourth-order valence-corrected chi connectivity index (χ4v) is 5.87. The van der Waals surface area contributed by atoms with E-state index >= 15 is 0 Å². The Morgan fingerprint density at radius 3 is 2.51 bits per heavy atom. The number of imidazole rings is 1. The quantitative estimate of drug-likeness (QED) is 0.198. The van der Waals surface area contributed by atoms with Crippen molar-refractivity contribution in [1.29, 1.82) is 0 Å². The van der Waals surface area contributed by atoms with E-state index in [1.165, 1.54) is 0 Å². The number of halogens is 2. The van der Waals surface area contributed by atoms with Crippen LogP contribution >= 0.6 is 23.4 Å². The zero-order chi connectivity index (χ0) is 32.2. The van der Waals surface area contributed by atoms with Gasteiger partial charge in [-0.1, -0.05) is 35.9 Å². The van der Waals surface area contributed by atoms with E-state index in [1.807, 2.05) is 64.1 Å². The van der Waals surface area contributed by atoms with E-state index in [9.17, 15) is 14.7 Å². The van der Waals surface area contributed by atoms with Gasteiger partial charge in [-0.25, -0.2) is 19.2 Å². The summed E-state index contributed by atoms with van der Waals surface area (Å²) in [6.45, 7) is 7.78. The first-order valence-electron chi connectivity index (χ1n) is 14.3. The van der Waals surface area contributed by atoms with E-state index < -0.39 is 17.6 Å². The van der Waals surface area contributed by atoms with Crippen molar-refractivity contribution < 1.29 is 23.8 Å². The standard InChI is InChI=1S/C33H31Cl2N5O5/c1-18-22(10-7-11-23(18)30-37-25-13-19(17-41)12-24(34)28(25)44-30)20-8-6-9-21(14-20)40(35)31(42)29-36-26-15-39(16-27(26)38(29)5)32(43)45-33(2,3)4/h6-14,41H,15-17H2,1-5H3.